The largest absolute Gasteiger partial charge is 0.456 e. The lowest BCUT2D eigenvalue weighted by atomic mass is 10.0. The average molecular weight is 593 g/mol. The highest BCUT2D eigenvalue weighted by molar-refractivity contribution is 8.76. The Kier molecular flexibility index (Phi) is 12.9. The molecule has 1 saturated heterocycles. The zero-order valence-electron chi connectivity index (χ0n) is 21.7. The lowest BCUT2D eigenvalue weighted by Crippen LogP contribution is -2.59. The first-order valence-corrected chi connectivity index (χ1v) is 16.7. The topological polar surface area (TPSA) is 177 Å². The Morgan fingerprint density at radius 1 is 1.03 bits per heavy atom. The zero-order valence-corrected chi connectivity index (χ0v) is 24.1. The molecule has 4 N–H and O–H groups in total. The van der Waals surface area contributed by atoms with E-state index in [0.717, 1.165) is 0 Å². The minimum absolute atomic E-state index is 0.129. The van der Waals surface area contributed by atoms with Crippen LogP contribution in [0.25, 0.3) is 0 Å². The van der Waals surface area contributed by atoms with Crippen LogP contribution >= 0.6 is 21.6 Å². The van der Waals surface area contributed by atoms with Crippen molar-refractivity contribution in [3.63, 3.8) is 0 Å². The highest BCUT2D eigenvalue weighted by Crippen LogP contribution is 2.23. The smallest absolute Gasteiger partial charge is 0.326 e. The van der Waals surface area contributed by atoms with Crippen molar-refractivity contribution >= 4 is 61.0 Å². The molecule has 1 fully saturated rings. The number of esters is 1. The number of hydrogen-bond donors (Lipinski definition) is 4. The normalized spacial score (nSPS) is 27.8. The monoisotopic (exact) mass is 592 g/mol. The molecule has 0 spiro atoms. The van der Waals surface area contributed by atoms with E-state index in [0.29, 0.717) is 12.2 Å². The van der Waals surface area contributed by atoms with Gasteiger partial charge in [0.1, 0.15) is 40.6 Å². The van der Waals surface area contributed by atoms with E-state index < -0.39 is 70.2 Å². The summed E-state index contributed by atoms with van der Waals surface area (Å²) in [7, 11) is -0.630. The summed E-state index contributed by atoms with van der Waals surface area (Å²) >= 11 is 0. The molecule has 38 heavy (non-hydrogen) atoms. The molecule has 2 aliphatic heterocycles. The second-order valence-corrected chi connectivity index (χ2v) is 14.3. The van der Waals surface area contributed by atoms with Gasteiger partial charge in [0.15, 0.2) is 0 Å². The Balaban J connectivity index is 2.47. The predicted molar refractivity (Wildman–Crippen MR) is 146 cm³/mol. The summed E-state index contributed by atoms with van der Waals surface area (Å²) in [6, 6.07) is -3.31. The van der Waals surface area contributed by atoms with Crippen molar-refractivity contribution in [2.45, 2.75) is 64.3 Å². The van der Waals surface area contributed by atoms with Crippen LogP contribution < -0.4 is 21.3 Å². The third-order valence-corrected chi connectivity index (χ3v) is 9.99. The number of ether oxygens (including phenoxy) is 1. The number of carbonyl (C=O) groups excluding carboxylic acids is 5. The number of nitrogens with one attached hydrogen (secondary N) is 4. The summed E-state index contributed by atoms with van der Waals surface area (Å²) in [5.41, 5.74) is 0. The fourth-order valence-corrected chi connectivity index (χ4v) is 6.60. The summed E-state index contributed by atoms with van der Waals surface area (Å²) in [6.45, 7) is 4.47. The predicted octanol–water partition coefficient (Wildman–Crippen LogP) is -0.305. The maximum absolute atomic E-state index is 13.2. The van der Waals surface area contributed by atoms with Gasteiger partial charge >= 0.3 is 5.97 Å². The molecular weight excluding hydrogens is 556 g/mol. The van der Waals surface area contributed by atoms with Crippen molar-refractivity contribution in [3.8, 4) is 0 Å². The molecule has 2 rings (SSSR count). The van der Waals surface area contributed by atoms with Gasteiger partial charge in [0.05, 0.1) is 12.2 Å². The molecule has 2 aliphatic rings. The van der Waals surface area contributed by atoms with Crippen LogP contribution in [-0.4, -0.2) is 91.8 Å². The van der Waals surface area contributed by atoms with Crippen LogP contribution in [0.15, 0.2) is 12.2 Å². The summed E-state index contributed by atoms with van der Waals surface area (Å²) in [4.78, 5) is 64.6. The third kappa shape index (κ3) is 10.8. The van der Waals surface area contributed by atoms with Gasteiger partial charge in [-0.15, -0.1) is 0 Å². The first kappa shape index (κ1) is 32.0. The van der Waals surface area contributed by atoms with Crippen molar-refractivity contribution in [2.24, 2.45) is 5.92 Å². The number of rotatable bonds is 5. The van der Waals surface area contributed by atoms with Crippen LogP contribution in [0.2, 0.25) is 0 Å². The van der Waals surface area contributed by atoms with Gasteiger partial charge in [0.2, 0.25) is 23.6 Å². The van der Waals surface area contributed by atoms with E-state index in [4.69, 9.17) is 4.74 Å². The Morgan fingerprint density at radius 2 is 1.76 bits per heavy atom. The van der Waals surface area contributed by atoms with Crippen LogP contribution in [-0.2, 0) is 38.5 Å². The molecule has 0 radical (unpaired) electrons. The van der Waals surface area contributed by atoms with Crippen molar-refractivity contribution in [3.05, 3.63) is 12.2 Å². The number of hydrogen-bond acceptors (Lipinski definition) is 10. The molecule has 2 bridgehead atoms. The Bertz CT molecular complexity index is 1020. The minimum atomic E-state index is -3.45. The van der Waals surface area contributed by atoms with E-state index in [9.17, 15) is 32.4 Å². The van der Waals surface area contributed by atoms with E-state index >= 15 is 0 Å². The highest BCUT2D eigenvalue weighted by atomic mass is 33.1. The second kappa shape index (κ2) is 15.4. The number of amides is 4. The first-order valence-electron chi connectivity index (χ1n) is 12.4. The van der Waals surface area contributed by atoms with E-state index in [-0.39, 0.29) is 36.0 Å². The molecule has 2 heterocycles. The van der Waals surface area contributed by atoms with Gasteiger partial charge in [-0.25, -0.2) is 8.42 Å². The molecule has 0 unspecified atom stereocenters. The fourth-order valence-electron chi connectivity index (χ4n) is 3.56. The van der Waals surface area contributed by atoms with E-state index in [1.807, 2.05) is 0 Å². The molecule has 0 aliphatic carbocycles. The Labute approximate surface area is 230 Å². The number of fused-ring (bicyclic) bond motifs is 7. The van der Waals surface area contributed by atoms with Gasteiger partial charge in [-0.3, -0.25) is 24.0 Å². The van der Waals surface area contributed by atoms with Crippen molar-refractivity contribution in [1.82, 2.24) is 21.3 Å². The van der Waals surface area contributed by atoms with Gasteiger partial charge < -0.3 is 26.0 Å². The third-order valence-electron chi connectivity index (χ3n) is 5.80. The number of carbonyl (C=O) groups is 5. The van der Waals surface area contributed by atoms with Crippen molar-refractivity contribution in [2.75, 3.05) is 29.6 Å². The van der Waals surface area contributed by atoms with Gasteiger partial charge in [0.25, 0.3) is 0 Å². The van der Waals surface area contributed by atoms with Gasteiger partial charge in [-0.1, -0.05) is 48.4 Å². The average Bonchev–Trinajstić information content (AvgIpc) is 2.85. The number of allylic oxidation sites excluding steroid dienone is 1. The second-order valence-electron chi connectivity index (χ2n) is 9.21. The van der Waals surface area contributed by atoms with Crippen molar-refractivity contribution in [1.29, 1.82) is 0 Å². The van der Waals surface area contributed by atoms with Gasteiger partial charge in [-0.2, -0.15) is 0 Å². The molecule has 15 heteroatoms. The standard InChI is InChI=1S/C23H36N4O8S3/c1-4-38(33,34)10-8-16-21(30)26-17-13-37-36-9-6-5-7-15(11-18(28)25-16)35-19(29)12-24-23(32)20(14(2)3)27-22(17)31/h5,7,14-17,20H,4,6,8-13H2,1-3H3,(H,24,32)(H,25,28)(H,26,30)(H,27,31)/b7-5+/t15-,16+,17-,20-/m1/s1. The molecule has 214 valence electrons. The molecular formula is C23H36N4O8S3. The summed E-state index contributed by atoms with van der Waals surface area (Å²) in [5.74, 6) is -3.37. The maximum Gasteiger partial charge on any atom is 0.326 e. The molecule has 4 amide bonds. The summed E-state index contributed by atoms with van der Waals surface area (Å²) in [6.07, 6.45) is 2.45. The van der Waals surface area contributed by atoms with E-state index in [1.165, 1.54) is 28.5 Å². The lowest BCUT2D eigenvalue weighted by Gasteiger charge is -2.27. The minimum Gasteiger partial charge on any atom is -0.456 e. The first-order chi connectivity index (χ1) is 17.9. The van der Waals surface area contributed by atoms with Crippen LogP contribution in [0.1, 0.15) is 40.0 Å². The van der Waals surface area contributed by atoms with Gasteiger partial charge in [-0.05, 0) is 24.8 Å². The molecule has 0 saturated carbocycles. The van der Waals surface area contributed by atoms with E-state index in [2.05, 4.69) is 21.3 Å². The summed E-state index contributed by atoms with van der Waals surface area (Å²) in [5, 5.41) is 10.3. The van der Waals surface area contributed by atoms with Crippen LogP contribution in [0.3, 0.4) is 0 Å². The lowest BCUT2D eigenvalue weighted by molar-refractivity contribution is -0.148. The molecule has 12 nitrogen and oxygen atoms in total. The molecule has 4 atom stereocenters. The number of sulfone groups is 1. The summed E-state index contributed by atoms with van der Waals surface area (Å²) < 4.78 is 29.6. The van der Waals surface area contributed by atoms with Gasteiger partial charge in [0, 0.05) is 17.3 Å². The fraction of sp³-hybridized carbons (Fsp3) is 0.696. The molecule has 0 aromatic heterocycles. The van der Waals surface area contributed by atoms with Crippen LogP contribution in [0.4, 0.5) is 0 Å². The highest BCUT2D eigenvalue weighted by Gasteiger charge is 2.32. The Hall–Kier alpha value is -2.26. The van der Waals surface area contributed by atoms with Crippen LogP contribution in [0, 0.1) is 5.92 Å². The SMILES string of the molecule is CCS(=O)(=O)CC[C@@H]1NC(=O)C[C@H]2/C=C/CCSSC[C@@H](NC1=O)C(=O)N[C@H](C(C)C)C(=O)NCC(=O)O2. The zero-order chi connectivity index (χ0) is 28.3. The molecule has 0 aromatic rings. The van der Waals surface area contributed by atoms with E-state index in [1.54, 1.807) is 26.0 Å². The molecule has 0 aromatic carbocycles. The Morgan fingerprint density at radius 3 is 2.45 bits per heavy atom. The van der Waals surface area contributed by atoms with Crippen molar-refractivity contribution < 1.29 is 37.1 Å². The van der Waals surface area contributed by atoms with Crippen LogP contribution in [0.5, 0.6) is 0 Å². The maximum atomic E-state index is 13.2. The quantitative estimate of drug-likeness (QED) is 0.188.